The number of aromatic nitrogens is 3. The van der Waals surface area contributed by atoms with Crippen LogP contribution in [-0.4, -0.2) is 70.8 Å². The minimum absolute atomic E-state index is 0.440. The Bertz CT molecular complexity index is 759. The second kappa shape index (κ2) is 5.31. The molecule has 0 spiro atoms. The summed E-state index contributed by atoms with van der Waals surface area (Å²) < 4.78 is 15.9. The van der Waals surface area contributed by atoms with Crippen molar-refractivity contribution in [1.29, 1.82) is 0 Å². The van der Waals surface area contributed by atoms with Gasteiger partial charge in [0.2, 0.25) is 5.95 Å². The third kappa shape index (κ3) is 2.10. The first-order valence-corrected chi connectivity index (χ1v) is 8.88. The molecule has 0 N–H and O–H groups in total. The van der Waals surface area contributed by atoms with Gasteiger partial charge in [-0.2, -0.15) is 0 Å². The molecule has 128 valence electrons. The maximum absolute atomic E-state index is 13.8. The molecule has 3 aliphatic heterocycles. The highest BCUT2D eigenvalue weighted by molar-refractivity contribution is 5.72. The number of piperidine rings is 1. The lowest BCUT2D eigenvalue weighted by molar-refractivity contribution is 0.285. The first-order chi connectivity index (χ1) is 11.7. The maximum Gasteiger partial charge on any atom is 0.210 e. The van der Waals surface area contributed by atoms with Crippen LogP contribution in [-0.2, 0) is 0 Å². The molecule has 5 heterocycles. The molecule has 7 heteroatoms. The molecule has 0 aromatic carbocycles. The van der Waals surface area contributed by atoms with Crippen LogP contribution in [0.4, 0.5) is 16.2 Å². The molecule has 0 aliphatic carbocycles. The molecule has 5 rings (SSSR count). The largest absolute Gasteiger partial charge is 0.349 e. The highest BCUT2D eigenvalue weighted by Crippen LogP contribution is 2.35. The Balaban J connectivity index is 1.51. The molecular weight excluding hydrogens is 307 g/mol. The summed E-state index contributed by atoms with van der Waals surface area (Å²) in [6.45, 7) is 3.45. The minimum atomic E-state index is -0.753. The zero-order valence-corrected chi connectivity index (χ0v) is 14.0. The summed E-state index contributed by atoms with van der Waals surface area (Å²) in [4.78, 5) is 16.2. The number of alkyl halides is 1. The van der Waals surface area contributed by atoms with Gasteiger partial charge in [0, 0.05) is 44.1 Å². The number of rotatable bonds is 2. The second-order valence-corrected chi connectivity index (χ2v) is 7.39. The Kier molecular flexibility index (Phi) is 3.20. The van der Waals surface area contributed by atoms with Gasteiger partial charge in [-0.1, -0.05) is 0 Å². The zero-order valence-electron chi connectivity index (χ0n) is 14.0. The molecule has 3 unspecified atom stereocenters. The molecule has 2 aromatic heterocycles. The quantitative estimate of drug-likeness (QED) is 0.836. The lowest BCUT2D eigenvalue weighted by Gasteiger charge is -2.33. The molecule has 24 heavy (non-hydrogen) atoms. The number of anilines is 2. The van der Waals surface area contributed by atoms with Crippen LogP contribution in [0, 0.1) is 0 Å². The van der Waals surface area contributed by atoms with E-state index in [1.54, 1.807) is 0 Å². The van der Waals surface area contributed by atoms with Crippen LogP contribution in [0.5, 0.6) is 0 Å². The molecule has 6 nitrogen and oxygen atoms in total. The lowest BCUT2D eigenvalue weighted by atomic mass is 10.1. The van der Waals surface area contributed by atoms with Crippen LogP contribution in [0.2, 0.25) is 0 Å². The van der Waals surface area contributed by atoms with Crippen molar-refractivity contribution in [3.63, 3.8) is 0 Å². The molecule has 3 aliphatic rings. The van der Waals surface area contributed by atoms with E-state index in [4.69, 9.17) is 0 Å². The SMILES string of the molecule is CN1CC2CC1CN2c1nccn2c(N3CCCC(F)C3)ncc12. The standard InChI is InChI=1S/C17H23FN6/c1-21-10-14-7-13(21)11-24(14)16-15-8-20-17(23(15)6-4-19-16)22-5-2-3-12(18)9-22/h4,6,8,12-14H,2-3,5,7,9-11H2,1H3. The Hall–Kier alpha value is -1.89. The van der Waals surface area contributed by atoms with E-state index in [0.29, 0.717) is 25.0 Å². The van der Waals surface area contributed by atoms with Crippen LogP contribution in [0.3, 0.4) is 0 Å². The van der Waals surface area contributed by atoms with Gasteiger partial charge in [-0.3, -0.25) is 9.30 Å². The molecule has 3 saturated heterocycles. The van der Waals surface area contributed by atoms with E-state index in [9.17, 15) is 4.39 Å². The predicted molar refractivity (Wildman–Crippen MR) is 91.5 cm³/mol. The van der Waals surface area contributed by atoms with Gasteiger partial charge in [-0.05, 0) is 26.3 Å². The lowest BCUT2D eigenvalue weighted by Crippen LogP contribution is -2.45. The van der Waals surface area contributed by atoms with E-state index in [2.05, 4.69) is 36.1 Å². The average Bonchev–Trinajstić information content (AvgIpc) is 3.27. The molecule has 0 radical (unpaired) electrons. The summed E-state index contributed by atoms with van der Waals surface area (Å²) in [6.07, 6.45) is 7.71. The molecule has 3 atom stereocenters. The maximum atomic E-state index is 13.8. The van der Waals surface area contributed by atoms with E-state index < -0.39 is 6.17 Å². The zero-order chi connectivity index (χ0) is 16.3. The number of hydrogen-bond acceptors (Lipinski definition) is 5. The van der Waals surface area contributed by atoms with Crippen molar-refractivity contribution in [2.75, 3.05) is 43.0 Å². The van der Waals surface area contributed by atoms with E-state index >= 15 is 0 Å². The monoisotopic (exact) mass is 330 g/mol. The predicted octanol–water partition coefficient (Wildman–Crippen LogP) is 1.56. The van der Waals surface area contributed by atoms with E-state index in [-0.39, 0.29) is 0 Å². The fraction of sp³-hybridized carbons (Fsp3) is 0.647. The highest BCUT2D eigenvalue weighted by Gasteiger charge is 2.42. The van der Waals surface area contributed by atoms with Gasteiger partial charge >= 0.3 is 0 Å². The molecule has 2 aromatic rings. The number of halogens is 1. The van der Waals surface area contributed by atoms with Crippen molar-refractivity contribution in [2.45, 2.75) is 37.5 Å². The van der Waals surface area contributed by atoms with Crippen LogP contribution in [0.25, 0.3) is 5.52 Å². The van der Waals surface area contributed by atoms with Gasteiger partial charge < -0.3 is 9.80 Å². The summed E-state index contributed by atoms with van der Waals surface area (Å²) in [5.41, 5.74) is 1.03. The van der Waals surface area contributed by atoms with E-state index in [1.807, 2.05) is 18.6 Å². The van der Waals surface area contributed by atoms with Crippen molar-refractivity contribution in [3.05, 3.63) is 18.6 Å². The van der Waals surface area contributed by atoms with Crippen molar-refractivity contribution >= 4 is 17.3 Å². The normalized spacial score (nSPS) is 30.7. The Morgan fingerprint density at radius 3 is 2.83 bits per heavy atom. The smallest absolute Gasteiger partial charge is 0.210 e. The molecule has 0 saturated carbocycles. The van der Waals surface area contributed by atoms with Crippen molar-refractivity contribution in [2.24, 2.45) is 0 Å². The van der Waals surface area contributed by atoms with Gasteiger partial charge in [0.05, 0.1) is 12.7 Å². The summed E-state index contributed by atoms with van der Waals surface area (Å²) >= 11 is 0. The van der Waals surface area contributed by atoms with E-state index in [0.717, 1.165) is 43.3 Å². The Labute approximate surface area is 140 Å². The van der Waals surface area contributed by atoms with Gasteiger partial charge in [0.25, 0.3) is 0 Å². The first-order valence-electron chi connectivity index (χ1n) is 8.88. The second-order valence-electron chi connectivity index (χ2n) is 7.39. The number of piperazine rings is 1. The molecule has 3 fully saturated rings. The molecule has 0 amide bonds. The molecule has 2 bridgehead atoms. The third-order valence-electron chi connectivity index (χ3n) is 5.85. The third-order valence-corrected chi connectivity index (χ3v) is 5.85. The Morgan fingerprint density at radius 2 is 2.08 bits per heavy atom. The average molecular weight is 330 g/mol. The molecular formula is C17H23FN6. The van der Waals surface area contributed by atoms with E-state index in [1.165, 1.54) is 6.42 Å². The van der Waals surface area contributed by atoms with Crippen LogP contribution in [0.15, 0.2) is 18.6 Å². The topological polar surface area (TPSA) is 39.9 Å². The van der Waals surface area contributed by atoms with Gasteiger partial charge in [0.15, 0.2) is 5.82 Å². The minimum Gasteiger partial charge on any atom is -0.349 e. The fourth-order valence-electron chi connectivity index (χ4n) is 4.59. The summed E-state index contributed by atoms with van der Waals surface area (Å²) in [5, 5.41) is 0. The van der Waals surface area contributed by atoms with Crippen molar-refractivity contribution in [3.8, 4) is 0 Å². The number of likely N-dealkylation sites (N-methyl/N-ethyl adjacent to an activating group) is 1. The number of nitrogens with zero attached hydrogens (tertiary/aromatic N) is 6. The number of fused-ring (bicyclic) bond motifs is 3. The van der Waals surface area contributed by atoms with Gasteiger partial charge in [0.1, 0.15) is 11.7 Å². The summed E-state index contributed by atoms with van der Waals surface area (Å²) in [7, 11) is 2.21. The number of hydrogen-bond donors (Lipinski definition) is 0. The van der Waals surface area contributed by atoms with Gasteiger partial charge in [-0.25, -0.2) is 14.4 Å². The van der Waals surface area contributed by atoms with Crippen LogP contribution >= 0.6 is 0 Å². The Morgan fingerprint density at radius 1 is 1.17 bits per heavy atom. The fourth-order valence-corrected chi connectivity index (χ4v) is 4.59. The van der Waals surface area contributed by atoms with Crippen molar-refractivity contribution < 1.29 is 4.39 Å². The number of imidazole rings is 1. The number of likely N-dealkylation sites (tertiary alicyclic amines) is 1. The van der Waals surface area contributed by atoms with Crippen LogP contribution < -0.4 is 9.80 Å². The summed E-state index contributed by atoms with van der Waals surface area (Å²) in [6, 6.07) is 1.18. The highest BCUT2D eigenvalue weighted by atomic mass is 19.1. The van der Waals surface area contributed by atoms with Crippen LogP contribution in [0.1, 0.15) is 19.3 Å². The van der Waals surface area contributed by atoms with Gasteiger partial charge in [-0.15, -0.1) is 0 Å². The first kappa shape index (κ1) is 14.5. The summed E-state index contributed by atoms with van der Waals surface area (Å²) in [5.74, 6) is 1.86. The van der Waals surface area contributed by atoms with Crippen molar-refractivity contribution in [1.82, 2.24) is 19.3 Å².